The van der Waals surface area contributed by atoms with Crippen LogP contribution in [0.5, 0.6) is 0 Å². The van der Waals surface area contributed by atoms with Gasteiger partial charge >= 0.3 is 0 Å². The number of nitrogens with zero attached hydrogens (tertiary/aromatic N) is 2. The van der Waals surface area contributed by atoms with Crippen molar-refractivity contribution in [2.45, 2.75) is 39.7 Å². The minimum absolute atomic E-state index is 0. The van der Waals surface area contributed by atoms with Crippen LogP contribution in [0.15, 0.2) is 29.3 Å². The summed E-state index contributed by atoms with van der Waals surface area (Å²) in [6, 6.07) is 9.08. The van der Waals surface area contributed by atoms with Gasteiger partial charge in [0.2, 0.25) is 0 Å². The fourth-order valence-electron chi connectivity index (χ4n) is 2.39. The van der Waals surface area contributed by atoms with Crippen LogP contribution in [0.2, 0.25) is 0 Å². The molecule has 0 fully saturated rings. The Labute approximate surface area is 142 Å². The fraction of sp³-hybridized carbons (Fsp3) is 0.611. The van der Waals surface area contributed by atoms with E-state index in [0.29, 0.717) is 5.92 Å². The molecule has 0 aliphatic heterocycles. The molecule has 0 atom stereocenters. The van der Waals surface area contributed by atoms with Crippen LogP contribution in [0.1, 0.15) is 44.2 Å². The number of hydrogen-bond donors (Lipinski definition) is 1. The van der Waals surface area contributed by atoms with E-state index < -0.39 is 0 Å². The van der Waals surface area contributed by atoms with E-state index >= 15 is 0 Å². The first-order chi connectivity index (χ1) is 9.94. The summed E-state index contributed by atoms with van der Waals surface area (Å²) in [5, 5.41) is 3.10. The maximum Gasteiger partial charge on any atom is 0.104 e. The summed E-state index contributed by atoms with van der Waals surface area (Å²) in [7, 11) is 4.59. The van der Waals surface area contributed by atoms with E-state index in [1.807, 2.05) is 6.34 Å². The Morgan fingerprint density at radius 2 is 1.82 bits per heavy atom. The van der Waals surface area contributed by atoms with Crippen LogP contribution in [0.4, 0.5) is 0 Å². The lowest BCUT2D eigenvalue weighted by Crippen LogP contribution is -3.00. The van der Waals surface area contributed by atoms with Crippen molar-refractivity contribution in [3.8, 4) is 0 Å². The van der Waals surface area contributed by atoms with Gasteiger partial charge in [0.1, 0.15) is 6.54 Å². The van der Waals surface area contributed by atoms with Crippen molar-refractivity contribution in [2.24, 2.45) is 4.99 Å². The zero-order chi connectivity index (χ0) is 15.7. The zero-order valence-corrected chi connectivity index (χ0v) is 15.5. The molecule has 0 radical (unpaired) electrons. The van der Waals surface area contributed by atoms with Gasteiger partial charge in [-0.15, -0.1) is 0 Å². The van der Waals surface area contributed by atoms with Gasteiger partial charge in [-0.05, 0) is 18.4 Å². The monoisotopic (exact) mass is 325 g/mol. The first-order valence-electron chi connectivity index (χ1n) is 8.07. The molecule has 22 heavy (non-hydrogen) atoms. The summed E-state index contributed by atoms with van der Waals surface area (Å²) in [5.41, 5.74) is 2.84. The summed E-state index contributed by atoms with van der Waals surface area (Å²) in [6.07, 6.45) is 2.95. The Morgan fingerprint density at radius 3 is 2.36 bits per heavy atom. The number of halogens is 1. The summed E-state index contributed by atoms with van der Waals surface area (Å²) in [4.78, 5) is 4.36. The molecule has 0 bridgehead atoms. The predicted octanol–water partition coefficient (Wildman–Crippen LogP) is 0.418. The van der Waals surface area contributed by atoms with Gasteiger partial charge in [-0.1, -0.05) is 38.1 Å². The molecule has 4 heteroatoms. The van der Waals surface area contributed by atoms with Crippen LogP contribution in [-0.2, 0) is 6.54 Å². The Balaban J connectivity index is 0.00000441. The van der Waals surface area contributed by atoms with E-state index in [2.05, 4.69) is 69.4 Å². The molecule has 1 rings (SSSR count). The Hall–Kier alpha value is -1.06. The molecule has 0 aromatic heterocycles. The minimum Gasteiger partial charge on any atom is -1.00 e. The van der Waals surface area contributed by atoms with Gasteiger partial charge in [-0.3, -0.25) is 4.99 Å². The summed E-state index contributed by atoms with van der Waals surface area (Å²) >= 11 is 0. The normalized spacial score (nSPS) is 11.7. The van der Waals surface area contributed by atoms with Gasteiger partial charge in [0.05, 0.1) is 27.0 Å². The largest absolute Gasteiger partial charge is 1.00 e. The number of quaternary nitrogens is 1. The molecule has 0 spiro atoms. The van der Waals surface area contributed by atoms with Crippen LogP contribution >= 0.6 is 0 Å². The Kier molecular flexibility index (Phi) is 10.1. The number of nitrogens with one attached hydrogen (secondary N) is 1. The van der Waals surface area contributed by atoms with E-state index in [1.54, 1.807) is 0 Å². The number of benzene rings is 1. The van der Waals surface area contributed by atoms with Crippen molar-refractivity contribution in [1.82, 2.24) is 5.32 Å². The average Bonchev–Trinajstić information content (AvgIpc) is 2.43. The highest BCUT2D eigenvalue weighted by atomic mass is 35.5. The molecule has 0 unspecified atom stereocenters. The quantitative estimate of drug-likeness (QED) is 0.303. The van der Waals surface area contributed by atoms with Crippen LogP contribution in [-0.4, -0.2) is 44.6 Å². The molecule has 1 N–H and O–H groups in total. The summed E-state index contributed by atoms with van der Waals surface area (Å²) in [5.74, 6) is 0.608. The number of aliphatic imine (C=N–C) groups is 1. The molecular weight excluding hydrogens is 294 g/mol. The Morgan fingerprint density at radius 1 is 1.18 bits per heavy atom. The van der Waals surface area contributed by atoms with Crippen molar-refractivity contribution >= 4 is 6.34 Å². The molecule has 0 aliphatic rings. The lowest BCUT2D eigenvalue weighted by molar-refractivity contribution is -0.903. The maximum atomic E-state index is 4.36. The highest BCUT2D eigenvalue weighted by Crippen LogP contribution is 2.17. The van der Waals surface area contributed by atoms with E-state index in [1.165, 1.54) is 11.1 Å². The molecule has 0 amide bonds. The molecule has 0 saturated heterocycles. The molecular formula is C18H32ClN3. The van der Waals surface area contributed by atoms with Crippen LogP contribution in [0, 0.1) is 0 Å². The van der Waals surface area contributed by atoms with Crippen molar-refractivity contribution in [2.75, 3.05) is 33.7 Å². The van der Waals surface area contributed by atoms with Gasteiger partial charge < -0.3 is 22.2 Å². The van der Waals surface area contributed by atoms with E-state index in [9.17, 15) is 0 Å². The second-order valence-electron chi connectivity index (χ2n) is 6.66. The SMILES string of the molecule is CCNC=NCCC[N+](C)(C)Cc1ccc(C(C)C)cc1.[Cl-]. The first kappa shape index (κ1) is 20.9. The summed E-state index contributed by atoms with van der Waals surface area (Å²) < 4.78 is 1.01. The smallest absolute Gasteiger partial charge is 0.104 e. The predicted molar refractivity (Wildman–Crippen MR) is 92.9 cm³/mol. The molecule has 1 aromatic carbocycles. The third kappa shape index (κ3) is 8.40. The molecule has 0 heterocycles. The second-order valence-corrected chi connectivity index (χ2v) is 6.66. The lowest BCUT2D eigenvalue weighted by Gasteiger charge is -2.29. The third-order valence-corrected chi connectivity index (χ3v) is 3.69. The second kappa shape index (κ2) is 10.6. The third-order valence-electron chi connectivity index (χ3n) is 3.69. The minimum atomic E-state index is 0. The molecule has 3 nitrogen and oxygen atoms in total. The molecule has 0 aliphatic carbocycles. The van der Waals surface area contributed by atoms with Crippen molar-refractivity contribution < 1.29 is 16.9 Å². The van der Waals surface area contributed by atoms with Gasteiger partial charge in [-0.25, -0.2) is 0 Å². The van der Waals surface area contributed by atoms with E-state index in [4.69, 9.17) is 0 Å². The highest BCUT2D eigenvalue weighted by Gasteiger charge is 2.15. The first-order valence-corrected chi connectivity index (χ1v) is 8.07. The van der Waals surface area contributed by atoms with Gasteiger partial charge in [0.15, 0.2) is 0 Å². The molecule has 126 valence electrons. The summed E-state index contributed by atoms with van der Waals surface area (Å²) in [6.45, 7) is 10.6. The standard InChI is InChI=1S/C18H32N3.ClH/c1-6-19-15-20-12-7-13-21(4,5)14-17-8-10-18(11-9-17)16(2)3;/h8-11,15-16H,6-7,12-14H2,1-5H3,(H,19,20);1H/q+1;/p-1. The fourth-order valence-corrected chi connectivity index (χ4v) is 2.39. The van der Waals surface area contributed by atoms with Crippen LogP contribution in [0.25, 0.3) is 0 Å². The van der Waals surface area contributed by atoms with Gasteiger partial charge in [-0.2, -0.15) is 0 Å². The topological polar surface area (TPSA) is 24.4 Å². The van der Waals surface area contributed by atoms with E-state index in [-0.39, 0.29) is 12.4 Å². The van der Waals surface area contributed by atoms with Gasteiger partial charge in [0, 0.05) is 25.1 Å². The Bertz CT molecular complexity index is 424. The molecule has 0 saturated carbocycles. The molecule has 1 aromatic rings. The van der Waals surface area contributed by atoms with Crippen molar-refractivity contribution in [1.29, 1.82) is 0 Å². The highest BCUT2D eigenvalue weighted by molar-refractivity contribution is 5.53. The number of rotatable bonds is 9. The van der Waals surface area contributed by atoms with Crippen LogP contribution < -0.4 is 17.7 Å². The number of hydrogen-bond acceptors (Lipinski definition) is 1. The maximum absolute atomic E-state index is 4.36. The van der Waals surface area contributed by atoms with Crippen molar-refractivity contribution in [3.05, 3.63) is 35.4 Å². The van der Waals surface area contributed by atoms with E-state index in [0.717, 1.165) is 37.1 Å². The van der Waals surface area contributed by atoms with Gasteiger partial charge in [0.25, 0.3) is 0 Å². The van der Waals surface area contributed by atoms with Crippen LogP contribution in [0.3, 0.4) is 0 Å². The van der Waals surface area contributed by atoms with Crippen molar-refractivity contribution in [3.63, 3.8) is 0 Å². The average molecular weight is 326 g/mol. The lowest BCUT2D eigenvalue weighted by atomic mass is 10.0. The zero-order valence-electron chi connectivity index (χ0n) is 14.8.